The Bertz CT molecular complexity index is 391. The van der Waals surface area contributed by atoms with Gasteiger partial charge in [-0.2, -0.15) is 0 Å². The van der Waals surface area contributed by atoms with Crippen molar-refractivity contribution in [3.63, 3.8) is 0 Å². The standard InChI is InChI=1S/C17H28N2/c1-12-7-13-10-17(5-3-4-6-18-17)14-9-15(13)16(8-12)19(2)11-14/h3-4,12-16,18H,5-11H2,1-2H3/t12-,13+,14-,15-,16+,17-/m1/s1. The van der Waals surface area contributed by atoms with Gasteiger partial charge >= 0.3 is 0 Å². The molecule has 0 aromatic rings. The first-order valence-electron chi connectivity index (χ1n) is 8.28. The predicted octanol–water partition coefficient (Wildman–Crippen LogP) is 2.66. The maximum Gasteiger partial charge on any atom is 0.0262 e. The van der Waals surface area contributed by atoms with Crippen LogP contribution in [0.15, 0.2) is 12.2 Å². The van der Waals surface area contributed by atoms with Gasteiger partial charge in [0.25, 0.3) is 0 Å². The summed E-state index contributed by atoms with van der Waals surface area (Å²) in [7, 11) is 2.39. The van der Waals surface area contributed by atoms with Crippen LogP contribution in [0.2, 0.25) is 0 Å². The van der Waals surface area contributed by atoms with Crippen molar-refractivity contribution in [1.29, 1.82) is 0 Å². The number of likely N-dealkylation sites (tertiary alicyclic amines) is 1. The number of hydrogen-bond acceptors (Lipinski definition) is 2. The van der Waals surface area contributed by atoms with Gasteiger partial charge in [0, 0.05) is 24.7 Å². The number of nitrogens with zero attached hydrogens (tertiary/aromatic N) is 1. The van der Waals surface area contributed by atoms with E-state index in [4.69, 9.17) is 0 Å². The van der Waals surface area contributed by atoms with Gasteiger partial charge in [0.2, 0.25) is 0 Å². The van der Waals surface area contributed by atoms with E-state index < -0.39 is 0 Å². The van der Waals surface area contributed by atoms with Gasteiger partial charge in [0.15, 0.2) is 0 Å². The summed E-state index contributed by atoms with van der Waals surface area (Å²) in [5.74, 6) is 3.79. The molecule has 0 amide bonds. The van der Waals surface area contributed by atoms with E-state index >= 15 is 0 Å². The van der Waals surface area contributed by atoms with E-state index in [1.54, 1.807) is 0 Å². The molecule has 2 aliphatic carbocycles. The van der Waals surface area contributed by atoms with Crippen LogP contribution in [0, 0.1) is 23.7 Å². The Labute approximate surface area is 117 Å². The zero-order valence-corrected chi connectivity index (χ0v) is 12.4. The fourth-order valence-electron chi connectivity index (χ4n) is 5.88. The van der Waals surface area contributed by atoms with E-state index in [1.165, 1.54) is 38.6 Å². The Morgan fingerprint density at radius 2 is 2.11 bits per heavy atom. The molecule has 2 saturated carbocycles. The molecule has 6 atom stereocenters. The maximum atomic E-state index is 3.92. The minimum absolute atomic E-state index is 0.437. The van der Waals surface area contributed by atoms with Gasteiger partial charge in [0.1, 0.15) is 0 Å². The molecule has 2 heterocycles. The molecule has 1 saturated heterocycles. The largest absolute Gasteiger partial charge is 0.307 e. The van der Waals surface area contributed by atoms with Gasteiger partial charge in [-0.1, -0.05) is 19.1 Å². The summed E-state index contributed by atoms with van der Waals surface area (Å²) in [6, 6.07) is 0.890. The number of piperidine rings is 1. The first kappa shape index (κ1) is 12.4. The van der Waals surface area contributed by atoms with Crippen LogP contribution in [0.25, 0.3) is 0 Å². The van der Waals surface area contributed by atoms with Crippen molar-refractivity contribution in [2.75, 3.05) is 20.1 Å². The molecule has 2 nitrogen and oxygen atoms in total. The molecule has 2 heteroatoms. The molecule has 0 unspecified atom stereocenters. The molecule has 0 aromatic heterocycles. The fraction of sp³-hybridized carbons (Fsp3) is 0.882. The van der Waals surface area contributed by atoms with Gasteiger partial charge in [-0.05, 0) is 62.8 Å². The highest BCUT2D eigenvalue weighted by molar-refractivity contribution is 5.14. The van der Waals surface area contributed by atoms with Crippen LogP contribution >= 0.6 is 0 Å². The molecule has 3 fully saturated rings. The molecule has 2 aliphatic heterocycles. The normalized spacial score (nSPS) is 53.5. The molecule has 0 aromatic carbocycles. The van der Waals surface area contributed by atoms with Crippen LogP contribution in [0.1, 0.15) is 39.0 Å². The molecular formula is C17H28N2. The van der Waals surface area contributed by atoms with Crippen LogP contribution in [0.4, 0.5) is 0 Å². The van der Waals surface area contributed by atoms with Gasteiger partial charge in [0.05, 0.1) is 0 Å². The van der Waals surface area contributed by atoms with Crippen molar-refractivity contribution in [2.45, 2.75) is 50.6 Å². The Balaban J connectivity index is 1.67. The smallest absolute Gasteiger partial charge is 0.0262 e. The van der Waals surface area contributed by atoms with Crippen LogP contribution < -0.4 is 5.32 Å². The Kier molecular flexibility index (Phi) is 2.82. The number of rotatable bonds is 0. The highest BCUT2D eigenvalue weighted by Crippen LogP contribution is 2.53. The average molecular weight is 260 g/mol. The molecule has 0 radical (unpaired) electrons. The average Bonchev–Trinajstić information content (AvgIpc) is 2.40. The lowest BCUT2D eigenvalue weighted by molar-refractivity contribution is -0.0820. The zero-order chi connectivity index (χ0) is 13.0. The second-order valence-electron chi connectivity index (χ2n) is 7.86. The van der Waals surface area contributed by atoms with Gasteiger partial charge in [-0.3, -0.25) is 0 Å². The topological polar surface area (TPSA) is 15.3 Å². The summed E-state index contributed by atoms with van der Waals surface area (Å²) in [5.41, 5.74) is 0.437. The summed E-state index contributed by atoms with van der Waals surface area (Å²) in [4.78, 5) is 2.71. The maximum absolute atomic E-state index is 3.92. The predicted molar refractivity (Wildman–Crippen MR) is 79.0 cm³/mol. The lowest BCUT2D eigenvalue weighted by atomic mass is 9.54. The number of hydrogen-bond donors (Lipinski definition) is 1. The minimum Gasteiger partial charge on any atom is -0.307 e. The quantitative estimate of drug-likeness (QED) is 0.674. The van der Waals surface area contributed by atoms with E-state index in [2.05, 4.69) is 36.3 Å². The van der Waals surface area contributed by atoms with Gasteiger partial charge in [-0.25, -0.2) is 0 Å². The summed E-state index contributed by atoms with van der Waals surface area (Å²) in [5, 5.41) is 3.92. The lowest BCUT2D eigenvalue weighted by Crippen LogP contribution is -2.66. The van der Waals surface area contributed by atoms with Crippen molar-refractivity contribution in [2.24, 2.45) is 23.7 Å². The minimum atomic E-state index is 0.437. The molecule has 19 heavy (non-hydrogen) atoms. The van der Waals surface area contributed by atoms with Crippen molar-refractivity contribution < 1.29 is 0 Å². The molecule has 2 bridgehead atoms. The lowest BCUT2D eigenvalue weighted by Gasteiger charge is -2.61. The van der Waals surface area contributed by atoms with Crippen LogP contribution in [0.3, 0.4) is 0 Å². The van der Waals surface area contributed by atoms with Crippen molar-refractivity contribution in [1.82, 2.24) is 10.2 Å². The van der Waals surface area contributed by atoms with E-state index in [0.717, 1.165) is 36.3 Å². The Hall–Kier alpha value is -0.340. The molecule has 1 N–H and O–H groups in total. The third kappa shape index (κ3) is 1.83. The first-order valence-corrected chi connectivity index (χ1v) is 8.28. The van der Waals surface area contributed by atoms with Crippen molar-refractivity contribution in [3.8, 4) is 0 Å². The molecular weight excluding hydrogens is 232 g/mol. The van der Waals surface area contributed by atoms with Crippen molar-refractivity contribution >= 4 is 0 Å². The Morgan fingerprint density at radius 3 is 2.89 bits per heavy atom. The summed E-state index contributed by atoms with van der Waals surface area (Å²) in [6.45, 7) is 4.89. The van der Waals surface area contributed by atoms with Crippen LogP contribution in [0.5, 0.6) is 0 Å². The second kappa shape index (κ2) is 4.33. The van der Waals surface area contributed by atoms with E-state index in [9.17, 15) is 0 Å². The Morgan fingerprint density at radius 1 is 1.21 bits per heavy atom. The third-order valence-electron chi connectivity index (χ3n) is 6.71. The van der Waals surface area contributed by atoms with Gasteiger partial charge in [-0.15, -0.1) is 0 Å². The van der Waals surface area contributed by atoms with Crippen molar-refractivity contribution in [3.05, 3.63) is 12.2 Å². The SMILES string of the molecule is C[C@@H]1C[C@H]2C[C@]3(CC=CCN3)[C@@H]3C[C@H]2[C@H](C1)N(C)C3. The number of nitrogens with one attached hydrogen (secondary N) is 1. The molecule has 4 rings (SSSR count). The number of fused-ring (bicyclic) bond motifs is 2. The molecule has 4 aliphatic rings. The highest BCUT2D eigenvalue weighted by atomic mass is 15.2. The van der Waals surface area contributed by atoms with E-state index in [-0.39, 0.29) is 0 Å². The molecule has 1 spiro atoms. The second-order valence-corrected chi connectivity index (χ2v) is 7.86. The monoisotopic (exact) mass is 260 g/mol. The third-order valence-corrected chi connectivity index (χ3v) is 6.71. The zero-order valence-electron chi connectivity index (χ0n) is 12.4. The summed E-state index contributed by atoms with van der Waals surface area (Å²) < 4.78 is 0. The van der Waals surface area contributed by atoms with E-state index in [0.29, 0.717) is 5.54 Å². The molecule has 106 valence electrons. The highest BCUT2D eigenvalue weighted by Gasteiger charge is 2.54. The van der Waals surface area contributed by atoms with Gasteiger partial charge < -0.3 is 10.2 Å². The van der Waals surface area contributed by atoms with Crippen LogP contribution in [-0.4, -0.2) is 36.6 Å². The summed E-state index contributed by atoms with van der Waals surface area (Å²) >= 11 is 0. The van der Waals surface area contributed by atoms with Crippen LogP contribution in [-0.2, 0) is 0 Å². The fourth-order valence-corrected chi connectivity index (χ4v) is 5.88. The first-order chi connectivity index (χ1) is 9.18. The summed E-state index contributed by atoms with van der Waals surface area (Å²) in [6.07, 6.45) is 11.9. The van der Waals surface area contributed by atoms with E-state index in [1.807, 2.05) is 0 Å².